The standard InChI is InChI=1S/C18H27Cl2N5O.HI/c1-14(26)25-10-8-24(9-11-25)7-6-22-18(21-2)23(3)13-15-4-5-16(19)17(20)12-15;/h4-5,12H,6-11,13H2,1-3H3,(H,21,22);1H. The highest BCUT2D eigenvalue weighted by Gasteiger charge is 2.18. The predicted octanol–water partition coefficient (Wildman–Crippen LogP) is 2.78. The molecule has 1 saturated heterocycles. The summed E-state index contributed by atoms with van der Waals surface area (Å²) in [5.41, 5.74) is 1.07. The molecule has 0 spiro atoms. The van der Waals surface area contributed by atoms with Gasteiger partial charge in [0.2, 0.25) is 5.91 Å². The van der Waals surface area contributed by atoms with Gasteiger partial charge in [0.25, 0.3) is 0 Å². The summed E-state index contributed by atoms with van der Waals surface area (Å²) in [6.07, 6.45) is 0. The number of halogens is 3. The van der Waals surface area contributed by atoms with Crippen LogP contribution in [0.25, 0.3) is 0 Å². The Hall–Kier alpha value is -0.770. The Morgan fingerprint density at radius 2 is 1.89 bits per heavy atom. The molecule has 1 heterocycles. The fourth-order valence-electron chi connectivity index (χ4n) is 2.98. The van der Waals surface area contributed by atoms with Gasteiger partial charge >= 0.3 is 0 Å². The van der Waals surface area contributed by atoms with E-state index in [1.54, 1.807) is 14.0 Å². The summed E-state index contributed by atoms with van der Waals surface area (Å²) >= 11 is 12.1. The quantitative estimate of drug-likeness (QED) is 0.363. The van der Waals surface area contributed by atoms with E-state index in [9.17, 15) is 4.79 Å². The molecule has 1 aromatic carbocycles. The number of nitrogens with one attached hydrogen (secondary N) is 1. The highest BCUT2D eigenvalue weighted by Crippen LogP contribution is 2.23. The van der Waals surface area contributed by atoms with Gasteiger partial charge in [0, 0.05) is 66.8 Å². The fraction of sp³-hybridized carbons (Fsp3) is 0.556. The second-order valence-electron chi connectivity index (χ2n) is 6.43. The Kier molecular flexibility index (Phi) is 10.7. The zero-order valence-electron chi connectivity index (χ0n) is 16.0. The largest absolute Gasteiger partial charge is 0.355 e. The SMILES string of the molecule is CN=C(NCCN1CCN(C(C)=O)CC1)N(C)Cc1ccc(Cl)c(Cl)c1.I. The lowest BCUT2D eigenvalue weighted by molar-refractivity contribution is -0.130. The Bertz CT molecular complexity index is 651. The van der Waals surface area contributed by atoms with Gasteiger partial charge in [0.05, 0.1) is 10.0 Å². The first kappa shape index (κ1) is 24.3. The van der Waals surface area contributed by atoms with E-state index in [0.29, 0.717) is 16.6 Å². The number of amides is 1. The number of piperazine rings is 1. The summed E-state index contributed by atoms with van der Waals surface area (Å²) in [5.74, 6) is 0.991. The van der Waals surface area contributed by atoms with E-state index in [1.165, 1.54) is 0 Å². The summed E-state index contributed by atoms with van der Waals surface area (Å²) in [4.78, 5) is 22.0. The molecule has 0 atom stereocenters. The maximum Gasteiger partial charge on any atom is 0.219 e. The number of hydrogen-bond acceptors (Lipinski definition) is 3. The van der Waals surface area contributed by atoms with Gasteiger partial charge in [-0.3, -0.25) is 14.7 Å². The number of aliphatic imine (C=N–C) groups is 1. The number of nitrogens with zero attached hydrogens (tertiary/aromatic N) is 4. The van der Waals surface area contributed by atoms with Gasteiger partial charge < -0.3 is 15.1 Å². The van der Waals surface area contributed by atoms with Crippen molar-refractivity contribution >= 4 is 59.0 Å². The van der Waals surface area contributed by atoms with Crippen LogP contribution in [0, 0.1) is 0 Å². The highest BCUT2D eigenvalue weighted by atomic mass is 127. The van der Waals surface area contributed by atoms with E-state index in [0.717, 1.165) is 50.8 Å². The van der Waals surface area contributed by atoms with Crippen molar-refractivity contribution in [2.24, 2.45) is 4.99 Å². The molecular formula is C18H28Cl2IN5O. The van der Waals surface area contributed by atoms with Gasteiger partial charge in [-0.15, -0.1) is 24.0 Å². The van der Waals surface area contributed by atoms with Crippen molar-refractivity contribution in [3.8, 4) is 0 Å². The second kappa shape index (κ2) is 11.9. The first-order chi connectivity index (χ1) is 12.4. The van der Waals surface area contributed by atoms with Crippen LogP contribution in [-0.2, 0) is 11.3 Å². The molecule has 1 aromatic rings. The van der Waals surface area contributed by atoms with Crippen molar-refractivity contribution in [1.82, 2.24) is 20.0 Å². The number of benzene rings is 1. The zero-order valence-corrected chi connectivity index (χ0v) is 19.9. The van der Waals surface area contributed by atoms with E-state index in [2.05, 4.69) is 15.2 Å². The third kappa shape index (κ3) is 7.63. The molecule has 1 aliphatic heterocycles. The summed E-state index contributed by atoms with van der Waals surface area (Å²) in [6.45, 7) is 7.49. The molecule has 1 amide bonds. The lowest BCUT2D eigenvalue weighted by Crippen LogP contribution is -2.50. The van der Waals surface area contributed by atoms with Crippen LogP contribution in [0.15, 0.2) is 23.2 Å². The number of hydrogen-bond donors (Lipinski definition) is 1. The molecule has 0 bridgehead atoms. The molecule has 1 N–H and O–H groups in total. The number of carbonyl (C=O) groups is 1. The van der Waals surface area contributed by atoms with Crippen LogP contribution in [0.5, 0.6) is 0 Å². The molecule has 6 nitrogen and oxygen atoms in total. The molecule has 0 saturated carbocycles. The molecule has 0 radical (unpaired) electrons. The van der Waals surface area contributed by atoms with E-state index in [1.807, 2.05) is 35.0 Å². The van der Waals surface area contributed by atoms with Crippen molar-refractivity contribution in [3.63, 3.8) is 0 Å². The zero-order chi connectivity index (χ0) is 19.1. The van der Waals surface area contributed by atoms with Crippen LogP contribution in [0.3, 0.4) is 0 Å². The Morgan fingerprint density at radius 3 is 2.44 bits per heavy atom. The van der Waals surface area contributed by atoms with Gasteiger partial charge in [0.15, 0.2) is 5.96 Å². The average molecular weight is 528 g/mol. The van der Waals surface area contributed by atoms with Gasteiger partial charge in [-0.05, 0) is 17.7 Å². The molecule has 152 valence electrons. The number of guanidine groups is 1. The average Bonchev–Trinajstić information content (AvgIpc) is 2.62. The maximum atomic E-state index is 11.4. The summed E-state index contributed by atoms with van der Waals surface area (Å²) < 4.78 is 0. The summed E-state index contributed by atoms with van der Waals surface area (Å²) in [7, 11) is 3.77. The van der Waals surface area contributed by atoms with Gasteiger partial charge in [-0.2, -0.15) is 0 Å². The van der Waals surface area contributed by atoms with Crippen molar-refractivity contribution in [2.45, 2.75) is 13.5 Å². The van der Waals surface area contributed by atoms with Gasteiger partial charge in [-0.1, -0.05) is 29.3 Å². The second-order valence-corrected chi connectivity index (χ2v) is 7.24. The lowest BCUT2D eigenvalue weighted by Gasteiger charge is -2.34. The first-order valence-electron chi connectivity index (χ1n) is 8.74. The van der Waals surface area contributed by atoms with E-state index >= 15 is 0 Å². The molecule has 0 aromatic heterocycles. The minimum Gasteiger partial charge on any atom is -0.355 e. The molecule has 27 heavy (non-hydrogen) atoms. The van der Waals surface area contributed by atoms with Crippen molar-refractivity contribution < 1.29 is 4.79 Å². The van der Waals surface area contributed by atoms with Crippen LogP contribution in [-0.4, -0.2) is 79.9 Å². The fourth-order valence-corrected chi connectivity index (χ4v) is 3.30. The van der Waals surface area contributed by atoms with Crippen LogP contribution in [0.2, 0.25) is 10.0 Å². The van der Waals surface area contributed by atoms with E-state index < -0.39 is 0 Å². The molecule has 0 unspecified atom stereocenters. The third-order valence-electron chi connectivity index (χ3n) is 4.51. The normalized spacial score (nSPS) is 15.3. The lowest BCUT2D eigenvalue weighted by atomic mass is 10.2. The smallest absolute Gasteiger partial charge is 0.219 e. The monoisotopic (exact) mass is 527 g/mol. The predicted molar refractivity (Wildman–Crippen MR) is 123 cm³/mol. The van der Waals surface area contributed by atoms with Gasteiger partial charge in [-0.25, -0.2) is 0 Å². The Morgan fingerprint density at radius 1 is 1.22 bits per heavy atom. The minimum absolute atomic E-state index is 0. The first-order valence-corrected chi connectivity index (χ1v) is 9.50. The molecule has 0 aliphatic carbocycles. The summed E-state index contributed by atoms with van der Waals surface area (Å²) in [5, 5.41) is 4.51. The molecule has 9 heteroatoms. The van der Waals surface area contributed by atoms with Crippen molar-refractivity contribution in [2.75, 3.05) is 53.4 Å². The van der Waals surface area contributed by atoms with Crippen LogP contribution >= 0.6 is 47.2 Å². The number of carbonyl (C=O) groups excluding carboxylic acids is 1. The summed E-state index contributed by atoms with van der Waals surface area (Å²) in [6, 6.07) is 5.65. The maximum absolute atomic E-state index is 11.4. The van der Waals surface area contributed by atoms with Gasteiger partial charge in [0.1, 0.15) is 0 Å². The van der Waals surface area contributed by atoms with Crippen LogP contribution < -0.4 is 5.32 Å². The van der Waals surface area contributed by atoms with Crippen LogP contribution in [0.4, 0.5) is 0 Å². The molecular weight excluding hydrogens is 500 g/mol. The van der Waals surface area contributed by atoms with Crippen molar-refractivity contribution in [3.05, 3.63) is 33.8 Å². The molecule has 1 aliphatic rings. The molecule has 2 rings (SSSR count). The number of rotatable bonds is 5. The van der Waals surface area contributed by atoms with E-state index in [-0.39, 0.29) is 29.9 Å². The third-order valence-corrected chi connectivity index (χ3v) is 5.24. The Labute approximate surface area is 188 Å². The Balaban J connectivity index is 0.00000364. The molecule has 1 fully saturated rings. The topological polar surface area (TPSA) is 51.2 Å². The van der Waals surface area contributed by atoms with E-state index in [4.69, 9.17) is 23.2 Å². The van der Waals surface area contributed by atoms with Crippen molar-refractivity contribution in [1.29, 1.82) is 0 Å². The van der Waals surface area contributed by atoms with Crippen LogP contribution in [0.1, 0.15) is 12.5 Å². The highest BCUT2D eigenvalue weighted by molar-refractivity contribution is 14.0. The minimum atomic E-state index is 0.